The first-order valence-electron chi connectivity index (χ1n) is 13.1. The van der Waals surface area contributed by atoms with Gasteiger partial charge in [0.1, 0.15) is 17.0 Å². The minimum absolute atomic E-state index is 0.0342. The third kappa shape index (κ3) is 5.12. The van der Waals surface area contributed by atoms with Gasteiger partial charge >= 0.3 is 12.3 Å². The second kappa shape index (κ2) is 9.59. The van der Waals surface area contributed by atoms with Crippen LogP contribution >= 0.6 is 0 Å². The number of fused-ring (bicyclic) bond motifs is 5. The summed E-state index contributed by atoms with van der Waals surface area (Å²) in [7, 11) is 3.87. The van der Waals surface area contributed by atoms with Gasteiger partial charge in [-0.25, -0.2) is 9.78 Å². The predicted octanol–water partition coefficient (Wildman–Crippen LogP) is 6.26. The molecule has 8 nitrogen and oxygen atoms in total. The Morgan fingerprint density at radius 2 is 1.79 bits per heavy atom. The van der Waals surface area contributed by atoms with Gasteiger partial charge in [0.15, 0.2) is 0 Å². The van der Waals surface area contributed by atoms with E-state index in [1.165, 1.54) is 0 Å². The number of likely N-dealkylation sites (N-methyl/N-ethyl adjacent to an activating group) is 1. The Morgan fingerprint density at radius 3 is 2.45 bits per heavy atom. The molecule has 2 aromatic rings. The fourth-order valence-electron chi connectivity index (χ4n) is 6.03. The molecule has 1 saturated carbocycles. The maximum Gasteiger partial charge on any atom is 0.421 e. The summed E-state index contributed by atoms with van der Waals surface area (Å²) in [6.45, 7) is 5.54. The van der Waals surface area contributed by atoms with Gasteiger partial charge in [-0.1, -0.05) is 6.07 Å². The van der Waals surface area contributed by atoms with Gasteiger partial charge in [0.25, 0.3) is 0 Å². The summed E-state index contributed by atoms with van der Waals surface area (Å²) in [5, 5.41) is 6.14. The number of halogens is 3. The Morgan fingerprint density at radius 1 is 1.08 bits per heavy atom. The molecule has 0 spiro atoms. The smallest absolute Gasteiger partial charge is 0.421 e. The molecule has 4 atom stereocenters. The maximum atomic E-state index is 13.8. The minimum Gasteiger partial charge on any atom is -0.444 e. The molecule has 1 aromatic heterocycles. The zero-order chi connectivity index (χ0) is 27.4. The van der Waals surface area contributed by atoms with Crippen LogP contribution in [-0.2, 0) is 10.9 Å². The zero-order valence-electron chi connectivity index (χ0n) is 22.4. The third-order valence-corrected chi connectivity index (χ3v) is 7.61. The second-order valence-corrected chi connectivity index (χ2v) is 11.6. The molecule has 38 heavy (non-hydrogen) atoms. The molecule has 206 valence electrons. The standard InChI is InChI=1S/C27H35F3N6O2/c1-26(2,3)38-25(37)36-20-11-12-21(36)17-13-15(9-10-16(17)20)32-24-31-14-18(27(28,29)30)23(34-24)33-19-7-6-8-22(19)35(4)5/h9-10,13-14,19-22H,6-8,11-12H2,1-5H3,(H2,31,32,33,34)/t19-,20+,21-,22-/m1/s1. The highest BCUT2D eigenvalue weighted by molar-refractivity contribution is 5.73. The lowest BCUT2D eigenvalue weighted by atomic mass is 9.91. The van der Waals surface area contributed by atoms with Gasteiger partial charge in [-0.15, -0.1) is 0 Å². The number of hydrogen-bond donors (Lipinski definition) is 2. The van der Waals surface area contributed by atoms with Gasteiger partial charge in [-0.2, -0.15) is 18.2 Å². The summed E-state index contributed by atoms with van der Waals surface area (Å²) < 4.78 is 47.0. The number of nitrogens with one attached hydrogen (secondary N) is 2. The molecule has 1 aromatic carbocycles. The van der Waals surface area contributed by atoms with Gasteiger partial charge in [0.05, 0.1) is 12.1 Å². The number of alkyl halides is 3. The van der Waals surface area contributed by atoms with E-state index in [1.54, 1.807) is 4.90 Å². The van der Waals surface area contributed by atoms with Gasteiger partial charge in [0, 0.05) is 24.0 Å². The highest BCUT2D eigenvalue weighted by Crippen LogP contribution is 2.54. The molecule has 1 amide bonds. The molecule has 3 aliphatic rings. The number of amides is 1. The molecule has 2 fully saturated rings. The van der Waals surface area contributed by atoms with E-state index >= 15 is 0 Å². The molecule has 3 heterocycles. The summed E-state index contributed by atoms with van der Waals surface area (Å²) in [5.74, 6) is -0.142. The fraction of sp³-hybridized carbons (Fsp3) is 0.593. The van der Waals surface area contributed by atoms with E-state index < -0.39 is 17.3 Å². The van der Waals surface area contributed by atoms with Crippen LogP contribution in [-0.4, -0.2) is 57.6 Å². The summed E-state index contributed by atoms with van der Waals surface area (Å²) in [5.41, 5.74) is 1.27. The van der Waals surface area contributed by atoms with Crippen LogP contribution in [0.3, 0.4) is 0 Å². The first-order valence-corrected chi connectivity index (χ1v) is 13.1. The van der Waals surface area contributed by atoms with E-state index in [2.05, 4.69) is 20.6 Å². The first-order chi connectivity index (χ1) is 17.8. The van der Waals surface area contributed by atoms with Crippen LogP contribution < -0.4 is 10.6 Å². The molecule has 1 aliphatic carbocycles. The predicted molar refractivity (Wildman–Crippen MR) is 138 cm³/mol. The van der Waals surface area contributed by atoms with E-state index in [9.17, 15) is 18.0 Å². The number of carbonyl (C=O) groups excluding carboxylic acids is 1. The Balaban J connectivity index is 1.38. The van der Waals surface area contributed by atoms with Gasteiger partial charge in [-0.3, -0.25) is 4.90 Å². The average molecular weight is 533 g/mol. The first kappa shape index (κ1) is 26.5. The van der Waals surface area contributed by atoms with Crippen molar-refractivity contribution < 1.29 is 22.7 Å². The van der Waals surface area contributed by atoms with E-state index in [-0.39, 0.29) is 42.0 Å². The Labute approximate surface area is 221 Å². The van der Waals surface area contributed by atoms with Crippen molar-refractivity contribution in [1.82, 2.24) is 19.8 Å². The summed E-state index contributed by atoms with van der Waals surface area (Å²) in [6.07, 6.45) is 0.252. The number of carbonyl (C=O) groups is 1. The normalized spacial score (nSPS) is 24.6. The lowest BCUT2D eigenvalue weighted by Gasteiger charge is -2.28. The lowest BCUT2D eigenvalue weighted by molar-refractivity contribution is -0.137. The lowest BCUT2D eigenvalue weighted by Crippen LogP contribution is -2.39. The van der Waals surface area contributed by atoms with Crippen molar-refractivity contribution in [3.8, 4) is 0 Å². The van der Waals surface area contributed by atoms with Gasteiger partial charge in [0.2, 0.25) is 5.95 Å². The second-order valence-electron chi connectivity index (χ2n) is 11.6. The number of benzene rings is 1. The van der Waals surface area contributed by atoms with E-state index in [0.717, 1.165) is 49.4 Å². The van der Waals surface area contributed by atoms with Crippen molar-refractivity contribution in [1.29, 1.82) is 0 Å². The summed E-state index contributed by atoms with van der Waals surface area (Å²) in [4.78, 5) is 25.0. The van der Waals surface area contributed by atoms with Crippen molar-refractivity contribution in [2.24, 2.45) is 0 Å². The van der Waals surface area contributed by atoms with Crippen molar-refractivity contribution >= 4 is 23.5 Å². The van der Waals surface area contributed by atoms with Crippen molar-refractivity contribution in [3.63, 3.8) is 0 Å². The van der Waals surface area contributed by atoms with E-state index in [4.69, 9.17) is 4.74 Å². The quantitative estimate of drug-likeness (QED) is 0.470. The van der Waals surface area contributed by atoms with E-state index in [1.807, 2.05) is 58.0 Å². The van der Waals surface area contributed by atoms with Crippen molar-refractivity contribution in [3.05, 3.63) is 41.1 Å². The third-order valence-electron chi connectivity index (χ3n) is 7.61. The number of hydrogen-bond acceptors (Lipinski definition) is 7. The Kier molecular flexibility index (Phi) is 6.69. The molecule has 5 rings (SSSR count). The van der Waals surface area contributed by atoms with Crippen molar-refractivity contribution in [2.45, 2.75) is 88.8 Å². The average Bonchev–Trinajstić information content (AvgIpc) is 3.51. The highest BCUT2D eigenvalue weighted by Gasteiger charge is 2.48. The molecule has 11 heteroatoms. The number of rotatable bonds is 5. The molecule has 2 bridgehead atoms. The van der Waals surface area contributed by atoms with Crippen LogP contribution in [0.4, 0.5) is 35.4 Å². The highest BCUT2D eigenvalue weighted by atomic mass is 19.4. The molecule has 2 N–H and O–H groups in total. The summed E-state index contributed by atoms with van der Waals surface area (Å²) in [6, 6.07) is 5.60. The monoisotopic (exact) mass is 532 g/mol. The van der Waals surface area contributed by atoms with Crippen molar-refractivity contribution in [2.75, 3.05) is 24.7 Å². The van der Waals surface area contributed by atoms with Crippen LogP contribution in [0, 0.1) is 0 Å². The topological polar surface area (TPSA) is 82.6 Å². The Bertz CT molecular complexity index is 1210. The molecule has 1 saturated heterocycles. The maximum absolute atomic E-state index is 13.8. The molecular formula is C27H35F3N6O2. The van der Waals surface area contributed by atoms with Gasteiger partial charge in [-0.05, 0) is 90.2 Å². The molecule has 0 radical (unpaired) electrons. The van der Waals surface area contributed by atoms with Crippen LogP contribution in [0.15, 0.2) is 24.4 Å². The van der Waals surface area contributed by atoms with Crippen LogP contribution in [0.2, 0.25) is 0 Å². The SMILES string of the molecule is CN(C)[C@@H]1CCC[C@H]1Nc1nc(Nc2ccc3c(c2)[C@H]2CC[C@@H]3N2C(=O)OC(C)(C)C)ncc1C(F)(F)F. The molecular weight excluding hydrogens is 497 g/mol. The number of anilines is 3. The van der Waals surface area contributed by atoms with Gasteiger partial charge < -0.3 is 20.3 Å². The largest absolute Gasteiger partial charge is 0.444 e. The number of aromatic nitrogens is 2. The van der Waals surface area contributed by atoms with Crippen LogP contribution in [0.1, 0.15) is 81.6 Å². The van der Waals surface area contributed by atoms with E-state index in [0.29, 0.717) is 5.69 Å². The number of ether oxygens (including phenoxy) is 1. The zero-order valence-corrected chi connectivity index (χ0v) is 22.4. The van der Waals surface area contributed by atoms with Crippen LogP contribution in [0.25, 0.3) is 0 Å². The number of nitrogens with zero attached hydrogens (tertiary/aromatic N) is 4. The minimum atomic E-state index is -4.58. The Hall–Kier alpha value is -3.08. The van der Waals surface area contributed by atoms with Crippen LogP contribution in [0.5, 0.6) is 0 Å². The molecule has 2 aliphatic heterocycles. The summed E-state index contributed by atoms with van der Waals surface area (Å²) >= 11 is 0. The fourth-order valence-corrected chi connectivity index (χ4v) is 6.03. The molecule has 0 unspecified atom stereocenters.